The fraction of sp³-hybridized carbons (Fsp3) is 0. The van der Waals surface area contributed by atoms with Gasteiger partial charge in [0, 0.05) is 4.47 Å². The Morgan fingerprint density at radius 1 is 1.17 bits per heavy atom. The molecule has 0 aliphatic heterocycles. The molecule has 92 valence electrons. The molecule has 1 heterocycles. The number of benzene rings is 1. The number of carbonyl (C=O) groups excluding carboxylic acids is 1. The van der Waals surface area contributed by atoms with Crippen molar-refractivity contribution in [1.82, 2.24) is 4.98 Å². The van der Waals surface area contributed by atoms with Crippen LogP contribution in [-0.4, -0.2) is 10.9 Å². The number of pyridine rings is 1. The average molecular weight is 308 g/mol. The molecule has 0 aliphatic rings. The molecule has 0 bridgehead atoms. The second kappa shape index (κ2) is 5.05. The number of primary amides is 1. The van der Waals surface area contributed by atoms with Crippen LogP contribution in [0.25, 0.3) is 0 Å². The van der Waals surface area contributed by atoms with Crippen LogP contribution < -0.4 is 16.2 Å². The van der Waals surface area contributed by atoms with E-state index in [2.05, 4.69) is 20.9 Å². The molecule has 6 heteroatoms. The highest BCUT2D eigenvalue weighted by atomic mass is 79.9. The van der Waals surface area contributed by atoms with Gasteiger partial charge in [0.2, 0.25) is 5.88 Å². The van der Waals surface area contributed by atoms with Crippen LogP contribution in [0.4, 0.5) is 5.69 Å². The zero-order valence-corrected chi connectivity index (χ0v) is 10.8. The Bertz CT molecular complexity index is 584. The van der Waals surface area contributed by atoms with Crippen molar-refractivity contribution < 1.29 is 9.53 Å². The maximum absolute atomic E-state index is 11.0. The van der Waals surface area contributed by atoms with Gasteiger partial charge in [-0.2, -0.15) is 0 Å². The molecule has 0 spiro atoms. The predicted octanol–water partition coefficient (Wildman–Crippen LogP) is 2.32. The zero-order chi connectivity index (χ0) is 13.1. The molecule has 1 aromatic carbocycles. The number of rotatable bonds is 3. The number of hydrogen-bond acceptors (Lipinski definition) is 4. The summed E-state index contributed by atoms with van der Waals surface area (Å²) in [5.41, 5.74) is 11.3. The first kappa shape index (κ1) is 12.4. The molecular formula is C12H10BrN3O2. The maximum Gasteiger partial charge on any atom is 0.267 e. The van der Waals surface area contributed by atoms with Crippen molar-refractivity contribution in [3.63, 3.8) is 0 Å². The van der Waals surface area contributed by atoms with E-state index in [4.69, 9.17) is 16.2 Å². The SMILES string of the molecule is NC(=O)c1ccc(N)c(Oc2ccc(Br)cc2)n1. The average Bonchev–Trinajstić information content (AvgIpc) is 2.34. The first-order chi connectivity index (χ1) is 8.56. The topological polar surface area (TPSA) is 91.2 Å². The number of aromatic nitrogens is 1. The van der Waals surface area contributed by atoms with Gasteiger partial charge < -0.3 is 16.2 Å². The molecule has 1 aromatic heterocycles. The molecule has 2 rings (SSSR count). The van der Waals surface area contributed by atoms with Crippen LogP contribution in [0.1, 0.15) is 10.5 Å². The van der Waals surface area contributed by atoms with Crippen LogP contribution in [0, 0.1) is 0 Å². The molecule has 0 aliphatic carbocycles. The molecule has 5 nitrogen and oxygen atoms in total. The minimum atomic E-state index is -0.629. The molecular weight excluding hydrogens is 298 g/mol. The Morgan fingerprint density at radius 2 is 1.83 bits per heavy atom. The number of hydrogen-bond donors (Lipinski definition) is 2. The van der Waals surface area contributed by atoms with Crippen molar-refractivity contribution in [2.75, 3.05) is 5.73 Å². The third kappa shape index (κ3) is 2.78. The fourth-order valence-corrected chi connectivity index (χ4v) is 1.55. The lowest BCUT2D eigenvalue weighted by atomic mass is 10.3. The van der Waals surface area contributed by atoms with Gasteiger partial charge in [-0.1, -0.05) is 15.9 Å². The van der Waals surface area contributed by atoms with Crippen LogP contribution in [0.15, 0.2) is 40.9 Å². The second-order valence-electron chi connectivity index (χ2n) is 3.51. The highest BCUT2D eigenvalue weighted by Gasteiger charge is 2.09. The van der Waals surface area contributed by atoms with Crippen molar-refractivity contribution in [2.45, 2.75) is 0 Å². The Labute approximate surface area is 112 Å². The van der Waals surface area contributed by atoms with Gasteiger partial charge in [-0.15, -0.1) is 0 Å². The lowest BCUT2D eigenvalue weighted by Crippen LogP contribution is -2.13. The standard InChI is InChI=1S/C12H10BrN3O2/c13-7-1-3-8(4-2-7)18-12-9(14)5-6-10(16-12)11(15)17/h1-6H,14H2,(H2,15,17). The number of nitrogens with zero attached hydrogens (tertiary/aromatic N) is 1. The minimum absolute atomic E-state index is 0.108. The van der Waals surface area contributed by atoms with Gasteiger partial charge in [0.05, 0.1) is 5.69 Å². The number of amides is 1. The van der Waals surface area contributed by atoms with Crippen molar-refractivity contribution in [1.29, 1.82) is 0 Å². The van der Waals surface area contributed by atoms with E-state index >= 15 is 0 Å². The van der Waals surface area contributed by atoms with Crippen LogP contribution >= 0.6 is 15.9 Å². The lowest BCUT2D eigenvalue weighted by molar-refractivity contribution is 0.0995. The predicted molar refractivity (Wildman–Crippen MR) is 71.4 cm³/mol. The fourth-order valence-electron chi connectivity index (χ4n) is 1.28. The summed E-state index contributed by atoms with van der Waals surface area (Å²) in [6.45, 7) is 0. The van der Waals surface area contributed by atoms with Gasteiger partial charge in [0.25, 0.3) is 5.91 Å². The smallest absolute Gasteiger partial charge is 0.267 e. The maximum atomic E-state index is 11.0. The lowest BCUT2D eigenvalue weighted by Gasteiger charge is -2.08. The zero-order valence-electron chi connectivity index (χ0n) is 9.26. The van der Waals surface area contributed by atoms with Gasteiger partial charge >= 0.3 is 0 Å². The Kier molecular flexibility index (Phi) is 3.47. The summed E-state index contributed by atoms with van der Waals surface area (Å²) in [4.78, 5) is 15.0. The van der Waals surface area contributed by atoms with E-state index in [9.17, 15) is 4.79 Å². The number of ether oxygens (including phenoxy) is 1. The third-order valence-corrected chi connectivity index (χ3v) is 2.70. The van der Waals surface area contributed by atoms with E-state index in [1.807, 2.05) is 12.1 Å². The number of nitrogen functional groups attached to an aromatic ring is 1. The van der Waals surface area contributed by atoms with Gasteiger partial charge in [0.15, 0.2) is 0 Å². The quantitative estimate of drug-likeness (QED) is 0.910. The van der Waals surface area contributed by atoms with Gasteiger partial charge in [-0.25, -0.2) is 4.98 Å². The number of carbonyl (C=O) groups is 1. The van der Waals surface area contributed by atoms with E-state index in [0.717, 1.165) is 4.47 Å². The summed E-state index contributed by atoms with van der Waals surface area (Å²) in [6, 6.07) is 10.1. The van der Waals surface area contributed by atoms with Crippen molar-refractivity contribution >= 4 is 27.5 Å². The van der Waals surface area contributed by atoms with Crippen LogP contribution in [0.2, 0.25) is 0 Å². The first-order valence-corrected chi connectivity index (χ1v) is 5.85. The molecule has 2 aromatic rings. The van der Waals surface area contributed by atoms with Crippen LogP contribution in [0.3, 0.4) is 0 Å². The van der Waals surface area contributed by atoms with E-state index in [1.165, 1.54) is 12.1 Å². The normalized spacial score (nSPS) is 10.1. The minimum Gasteiger partial charge on any atom is -0.437 e. The Morgan fingerprint density at radius 3 is 2.44 bits per heavy atom. The summed E-state index contributed by atoms with van der Waals surface area (Å²) in [6.07, 6.45) is 0. The number of nitrogens with two attached hydrogens (primary N) is 2. The molecule has 18 heavy (non-hydrogen) atoms. The van der Waals surface area contributed by atoms with Crippen molar-refractivity contribution in [3.8, 4) is 11.6 Å². The first-order valence-electron chi connectivity index (χ1n) is 5.06. The van der Waals surface area contributed by atoms with Crippen LogP contribution in [-0.2, 0) is 0 Å². The van der Waals surface area contributed by atoms with Gasteiger partial charge in [0.1, 0.15) is 11.4 Å². The summed E-state index contributed by atoms with van der Waals surface area (Å²) < 4.78 is 6.42. The number of halogens is 1. The monoisotopic (exact) mass is 307 g/mol. The highest BCUT2D eigenvalue weighted by Crippen LogP contribution is 2.26. The Hall–Kier alpha value is -2.08. The molecule has 0 fully saturated rings. The van der Waals surface area contributed by atoms with E-state index in [1.54, 1.807) is 12.1 Å². The Balaban J connectivity index is 2.30. The van der Waals surface area contributed by atoms with E-state index < -0.39 is 5.91 Å². The molecule has 0 radical (unpaired) electrons. The molecule has 0 saturated carbocycles. The van der Waals surface area contributed by atoms with E-state index in [-0.39, 0.29) is 11.6 Å². The molecule has 0 atom stereocenters. The second-order valence-corrected chi connectivity index (χ2v) is 4.43. The highest BCUT2D eigenvalue weighted by molar-refractivity contribution is 9.10. The molecule has 4 N–H and O–H groups in total. The largest absolute Gasteiger partial charge is 0.437 e. The summed E-state index contributed by atoms with van der Waals surface area (Å²) in [5, 5.41) is 0. The van der Waals surface area contributed by atoms with E-state index in [0.29, 0.717) is 11.4 Å². The molecule has 0 saturated heterocycles. The molecule has 1 amide bonds. The van der Waals surface area contributed by atoms with Gasteiger partial charge in [-0.3, -0.25) is 4.79 Å². The van der Waals surface area contributed by atoms with Crippen LogP contribution in [0.5, 0.6) is 11.6 Å². The number of anilines is 1. The third-order valence-electron chi connectivity index (χ3n) is 2.17. The van der Waals surface area contributed by atoms with Crippen molar-refractivity contribution in [3.05, 3.63) is 46.6 Å². The summed E-state index contributed by atoms with van der Waals surface area (Å²) >= 11 is 3.32. The summed E-state index contributed by atoms with van der Waals surface area (Å²) in [7, 11) is 0. The van der Waals surface area contributed by atoms with Gasteiger partial charge in [-0.05, 0) is 36.4 Å². The van der Waals surface area contributed by atoms with Crippen molar-refractivity contribution in [2.24, 2.45) is 5.73 Å². The molecule has 0 unspecified atom stereocenters. The summed E-state index contributed by atoms with van der Waals surface area (Å²) in [5.74, 6) is 0.100.